The van der Waals surface area contributed by atoms with E-state index in [2.05, 4.69) is 15.4 Å². The number of aromatic nitrogens is 3. The first-order chi connectivity index (χ1) is 14.9. The Bertz CT molecular complexity index is 1210. The van der Waals surface area contributed by atoms with E-state index in [4.69, 9.17) is 4.74 Å². The van der Waals surface area contributed by atoms with Crippen molar-refractivity contribution in [2.24, 2.45) is 0 Å². The quantitative estimate of drug-likeness (QED) is 0.625. The highest BCUT2D eigenvalue weighted by Crippen LogP contribution is 2.30. The number of carbonyl (C=O) groups excluding carboxylic acids is 1. The number of sulfonamides is 1. The molecule has 31 heavy (non-hydrogen) atoms. The minimum Gasteiger partial charge on any atom is -0.495 e. The number of anilines is 1. The average Bonchev–Trinajstić information content (AvgIpc) is 3.48. The fourth-order valence-electron chi connectivity index (χ4n) is 3.39. The predicted octanol–water partition coefficient (Wildman–Crippen LogP) is 2.45. The summed E-state index contributed by atoms with van der Waals surface area (Å²) in [7, 11) is -2.42. The Balaban J connectivity index is 1.60. The van der Waals surface area contributed by atoms with Crippen LogP contribution in [0.3, 0.4) is 0 Å². The van der Waals surface area contributed by atoms with Gasteiger partial charge in [-0.05, 0) is 49.2 Å². The lowest BCUT2D eigenvalue weighted by Gasteiger charge is -2.18. The van der Waals surface area contributed by atoms with Crippen molar-refractivity contribution in [2.75, 3.05) is 25.5 Å². The molecule has 1 saturated heterocycles. The molecule has 0 aliphatic carbocycles. The number of nitrogens with zero attached hydrogens (tertiary/aromatic N) is 4. The van der Waals surface area contributed by atoms with Gasteiger partial charge >= 0.3 is 0 Å². The molecule has 0 spiro atoms. The Morgan fingerprint density at radius 1 is 1.16 bits per heavy atom. The number of ether oxygens (including phenoxy) is 1. The summed E-state index contributed by atoms with van der Waals surface area (Å²) in [4.78, 5) is 16.4. The third-order valence-corrected chi connectivity index (χ3v) is 6.90. The molecule has 4 rings (SSSR count). The van der Waals surface area contributed by atoms with Crippen molar-refractivity contribution in [1.82, 2.24) is 19.1 Å². The van der Waals surface area contributed by atoms with Crippen LogP contribution in [0.2, 0.25) is 0 Å². The van der Waals surface area contributed by atoms with Gasteiger partial charge in [0.2, 0.25) is 10.0 Å². The second-order valence-corrected chi connectivity index (χ2v) is 8.84. The molecule has 1 aliphatic heterocycles. The summed E-state index contributed by atoms with van der Waals surface area (Å²) in [6, 6.07) is 8.30. The summed E-state index contributed by atoms with van der Waals surface area (Å²) >= 11 is 0. The molecule has 1 fully saturated rings. The van der Waals surface area contributed by atoms with Crippen molar-refractivity contribution >= 4 is 21.6 Å². The van der Waals surface area contributed by atoms with Gasteiger partial charge in [-0.3, -0.25) is 4.79 Å². The zero-order valence-electron chi connectivity index (χ0n) is 16.7. The van der Waals surface area contributed by atoms with Crippen LogP contribution < -0.4 is 10.1 Å². The third kappa shape index (κ3) is 4.14. The van der Waals surface area contributed by atoms with Gasteiger partial charge in [0.25, 0.3) is 5.91 Å². The van der Waals surface area contributed by atoms with Crippen LogP contribution in [0.25, 0.3) is 5.69 Å². The molecule has 0 radical (unpaired) electrons. The SMILES string of the molecule is COc1ccc(C(=O)Nc2ccc(-n3cncn3)c(F)c2)cc1S(=O)(=O)N1CCCC1. The van der Waals surface area contributed by atoms with Gasteiger partial charge < -0.3 is 10.1 Å². The van der Waals surface area contributed by atoms with E-state index in [1.165, 1.54) is 59.1 Å². The highest BCUT2D eigenvalue weighted by Gasteiger charge is 2.30. The monoisotopic (exact) mass is 445 g/mol. The van der Waals surface area contributed by atoms with Gasteiger partial charge in [0, 0.05) is 24.3 Å². The molecule has 3 aromatic rings. The maximum Gasteiger partial charge on any atom is 0.255 e. The smallest absolute Gasteiger partial charge is 0.255 e. The zero-order chi connectivity index (χ0) is 22.0. The van der Waals surface area contributed by atoms with Gasteiger partial charge in [0.1, 0.15) is 29.0 Å². The van der Waals surface area contributed by atoms with Gasteiger partial charge in [-0.15, -0.1) is 0 Å². The fraction of sp³-hybridized carbons (Fsp3) is 0.250. The standard InChI is InChI=1S/C20H20FN5O4S/c1-30-18-7-4-14(10-19(18)31(28,29)25-8-2-3-9-25)20(27)24-15-5-6-17(16(21)11-15)26-13-22-12-23-26/h4-7,10-13H,2-3,8-9H2,1H3,(H,24,27). The minimum absolute atomic E-state index is 0.0720. The van der Waals surface area contributed by atoms with Crippen LogP contribution in [0.15, 0.2) is 53.9 Å². The van der Waals surface area contributed by atoms with Crippen molar-refractivity contribution in [3.63, 3.8) is 0 Å². The second-order valence-electron chi connectivity index (χ2n) is 6.94. The number of halogens is 1. The predicted molar refractivity (Wildman–Crippen MR) is 110 cm³/mol. The van der Waals surface area contributed by atoms with Crippen LogP contribution in [-0.2, 0) is 10.0 Å². The molecule has 1 aliphatic rings. The first-order valence-electron chi connectivity index (χ1n) is 9.54. The Labute approximate surface area is 178 Å². The molecule has 1 N–H and O–H groups in total. The molecule has 1 aromatic heterocycles. The molecular weight excluding hydrogens is 425 g/mol. The molecule has 0 saturated carbocycles. The number of hydrogen-bond donors (Lipinski definition) is 1. The summed E-state index contributed by atoms with van der Waals surface area (Å²) in [5.41, 5.74) is 0.504. The molecule has 0 bridgehead atoms. The Morgan fingerprint density at radius 3 is 2.58 bits per heavy atom. The zero-order valence-corrected chi connectivity index (χ0v) is 17.5. The number of rotatable bonds is 6. The van der Waals surface area contributed by atoms with Crippen LogP contribution in [0, 0.1) is 5.82 Å². The van der Waals surface area contributed by atoms with Crippen molar-refractivity contribution in [3.8, 4) is 11.4 Å². The van der Waals surface area contributed by atoms with Gasteiger partial charge in [-0.2, -0.15) is 9.40 Å². The lowest BCUT2D eigenvalue weighted by Crippen LogP contribution is -2.28. The van der Waals surface area contributed by atoms with Crippen LogP contribution in [0.5, 0.6) is 5.75 Å². The van der Waals surface area contributed by atoms with Gasteiger partial charge in [-0.1, -0.05) is 0 Å². The van der Waals surface area contributed by atoms with Gasteiger partial charge in [-0.25, -0.2) is 22.5 Å². The van der Waals surface area contributed by atoms with E-state index in [1.54, 1.807) is 0 Å². The summed E-state index contributed by atoms with van der Waals surface area (Å²) in [5.74, 6) is -1.02. The maximum absolute atomic E-state index is 14.4. The molecular formula is C20H20FN5O4S. The topological polar surface area (TPSA) is 106 Å². The third-order valence-electron chi connectivity index (χ3n) is 4.98. The van der Waals surface area contributed by atoms with E-state index in [9.17, 15) is 17.6 Å². The van der Waals surface area contributed by atoms with Crippen LogP contribution in [0.4, 0.5) is 10.1 Å². The Morgan fingerprint density at radius 2 is 1.94 bits per heavy atom. The average molecular weight is 445 g/mol. The molecule has 1 amide bonds. The number of benzene rings is 2. The molecule has 2 aromatic carbocycles. The van der Waals surface area contributed by atoms with E-state index >= 15 is 0 Å². The van der Waals surface area contributed by atoms with E-state index < -0.39 is 21.7 Å². The lowest BCUT2D eigenvalue weighted by atomic mass is 10.2. The summed E-state index contributed by atoms with van der Waals surface area (Å²) in [6.45, 7) is 0.860. The molecule has 11 heteroatoms. The summed E-state index contributed by atoms with van der Waals surface area (Å²) < 4.78 is 48.3. The first kappa shape index (κ1) is 20.9. The van der Waals surface area contributed by atoms with E-state index in [0.717, 1.165) is 18.9 Å². The highest BCUT2D eigenvalue weighted by molar-refractivity contribution is 7.89. The number of hydrogen-bond acceptors (Lipinski definition) is 6. The molecule has 9 nitrogen and oxygen atoms in total. The number of amides is 1. The normalized spacial score (nSPS) is 14.5. The fourth-order valence-corrected chi connectivity index (χ4v) is 5.09. The Kier molecular flexibility index (Phi) is 5.70. The van der Waals surface area contributed by atoms with Crippen molar-refractivity contribution in [2.45, 2.75) is 17.7 Å². The van der Waals surface area contributed by atoms with Gasteiger partial charge in [0.05, 0.1) is 7.11 Å². The maximum atomic E-state index is 14.4. The molecule has 162 valence electrons. The summed E-state index contributed by atoms with van der Waals surface area (Å²) in [5, 5.41) is 6.46. The number of nitrogens with one attached hydrogen (secondary N) is 1. The van der Waals surface area contributed by atoms with Crippen molar-refractivity contribution in [1.29, 1.82) is 0 Å². The molecule has 0 atom stereocenters. The van der Waals surface area contributed by atoms with Crippen LogP contribution >= 0.6 is 0 Å². The molecule has 0 unspecified atom stereocenters. The number of methoxy groups -OCH3 is 1. The van der Waals surface area contributed by atoms with Crippen molar-refractivity contribution < 1.29 is 22.3 Å². The van der Waals surface area contributed by atoms with Crippen LogP contribution in [-0.4, -0.2) is 53.6 Å². The van der Waals surface area contributed by atoms with E-state index in [0.29, 0.717) is 13.1 Å². The molecule has 2 heterocycles. The lowest BCUT2D eigenvalue weighted by molar-refractivity contribution is 0.102. The Hall–Kier alpha value is -3.31. The van der Waals surface area contributed by atoms with E-state index in [-0.39, 0.29) is 27.6 Å². The first-order valence-corrected chi connectivity index (χ1v) is 11.0. The van der Waals surface area contributed by atoms with Gasteiger partial charge in [0.15, 0.2) is 5.82 Å². The van der Waals surface area contributed by atoms with Crippen LogP contribution in [0.1, 0.15) is 23.2 Å². The minimum atomic E-state index is -3.80. The largest absolute Gasteiger partial charge is 0.495 e. The van der Waals surface area contributed by atoms with E-state index in [1.807, 2.05) is 0 Å². The highest BCUT2D eigenvalue weighted by atomic mass is 32.2. The second kappa shape index (κ2) is 8.44. The van der Waals surface area contributed by atoms with Crippen molar-refractivity contribution in [3.05, 3.63) is 60.4 Å². The summed E-state index contributed by atoms with van der Waals surface area (Å²) in [6.07, 6.45) is 4.22. The number of carbonyl (C=O) groups is 1.